The number of hydrogen-bond donors (Lipinski definition) is 2. The Kier molecular flexibility index (Phi) is 4.73. The van der Waals surface area contributed by atoms with Gasteiger partial charge in [0.05, 0.1) is 24.6 Å². The summed E-state index contributed by atoms with van der Waals surface area (Å²) in [4.78, 5) is 4.11. The molecule has 4 heteroatoms. The SMILES string of the molecule is OCc1cc(C#Cc2ccc(Br)c3ccccc23)cc(CO)n1. The highest BCUT2D eigenvalue weighted by Gasteiger charge is 2.03. The number of aromatic nitrogens is 1. The molecular weight excluding hydrogens is 354 g/mol. The van der Waals surface area contributed by atoms with Gasteiger partial charge in [0.25, 0.3) is 0 Å². The molecule has 0 atom stereocenters. The molecule has 1 heterocycles. The zero-order valence-electron chi connectivity index (χ0n) is 12.3. The molecule has 0 fully saturated rings. The zero-order chi connectivity index (χ0) is 16.2. The molecule has 0 saturated carbocycles. The van der Waals surface area contributed by atoms with Crippen LogP contribution in [0.1, 0.15) is 22.5 Å². The average Bonchev–Trinajstić information content (AvgIpc) is 2.61. The van der Waals surface area contributed by atoms with E-state index in [0.717, 1.165) is 26.4 Å². The fraction of sp³-hybridized carbons (Fsp3) is 0.105. The Morgan fingerprint density at radius 2 is 1.52 bits per heavy atom. The van der Waals surface area contributed by atoms with Crippen molar-refractivity contribution in [3.8, 4) is 11.8 Å². The molecule has 0 aliphatic carbocycles. The predicted octanol–water partition coefficient (Wildman–Crippen LogP) is 3.38. The molecule has 0 bridgehead atoms. The van der Waals surface area contributed by atoms with E-state index in [9.17, 15) is 10.2 Å². The second-order valence-corrected chi connectivity index (χ2v) is 5.90. The first-order valence-electron chi connectivity index (χ1n) is 7.12. The van der Waals surface area contributed by atoms with Crippen LogP contribution in [-0.4, -0.2) is 15.2 Å². The van der Waals surface area contributed by atoms with E-state index in [2.05, 4.69) is 32.8 Å². The molecule has 23 heavy (non-hydrogen) atoms. The van der Waals surface area contributed by atoms with Gasteiger partial charge in [-0.1, -0.05) is 52.0 Å². The van der Waals surface area contributed by atoms with E-state index < -0.39 is 0 Å². The number of fused-ring (bicyclic) bond motifs is 1. The van der Waals surface area contributed by atoms with Crippen molar-refractivity contribution < 1.29 is 10.2 Å². The van der Waals surface area contributed by atoms with Gasteiger partial charge < -0.3 is 10.2 Å². The van der Waals surface area contributed by atoms with E-state index in [-0.39, 0.29) is 13.2 Å². The van der Waals surface area contributed by atoms with E-state index in [1.54, 1.807) is 12.1 Å². The summed E-state index contributed by atoms with van der Waals surface area (Å²) < 4.78 is 1.03. The monoisotopic (exact) mass is 367 g/mol. The molecule has 0 aliphatic rings. The molecule has 2 N–H and O–H groups in total. The first kappa shape index (κ1) is 15.7. The van der Waals surface area contributed by atoms with Gasteiger partial charge in [-0.25, -0.2) is 0 Å². The molecule has 3 rings (SSSR count). The lowest BCUT2D eigenvalue weighted by molar-refractivity contribution is 0.265. The van der Waals surface area contributed by atoms with Crippen molar-refractivity contribution in [2.45, 2.75) is 13.2 Å². The lowest BCUT2D eigenvalue weighted by Crippen LogP contribution is -1.97. The summed E-state index contributed by atoms with van der Waals surface area (Å²) in [7, 11) is 0. The minimum Gasteiger partial charge on any atom is -0.390 e. The summed E-state index contributed by atoms with van der Waals surface area (Å²) in [6, 6.07) is 15.5. The van der Waals surface area contributed by atoms with Crippen molar-refractivity contribution in [1.82, 2.24) is 4.98 Å². The maximum Gasteiger partial charge on any atom is 0.0853 e. The first-order valence-corrected chi connectivity index (χ1v) is 7.91. The molecule has 3 aromatic rings. The summed E-state index contributed by atoms with van der Waals surface area (Å²) in [5.74, 6) is 6.27. The van der Waals surface area contributed by atoms with Crippen molar-refractivity contribution in [1.29, 1.82) is 0 Å². The number of halogens is 1. The lowest BCUT2D eigenvalue weighted by atomic mass is 10.0. The molecule has 114 valence electrons. The van der Waals surface area contributed by atoms with E-state index >= 15 is 0 Å². The minimum absolute atomic E-state index is 0.177. The second-order valence-electron chi connectivity index (χ2n) is 5.05. The molecule has 0 unspecified atom stereocenters. The maximum absolute atomic E-state index is 9.24. The van der Waals surface area contributed by atoms with Crippen LogP contribution in [0.5, 0.6) is 0 Å². The average molecular weight is 368 g/mol. The van der Waals surface area contributed by atoms with Crippen molar-refractivity contribution in [2.75, 3.05) is 0 Å². The van der Waals surface area contributed by atoms with Crippen LogP contribution in [0.15, 0.2) is 53.0 Å². The second kappa shape index (κ2) is 6.93. The Morgan fingerprint density at radius 3 is 2.17 bits per heavy atom. The largest absolute Gasteiger partial charge is 0.390 e. The fourth-order valence-electron chi connectivity index (χ4n) is 2.39. The standard InChI is InChI=1S/C19H14BrNO2/c20-19-8-7-14(17-3-1-2-4-18(17)19)6-5-13-9-15(11-22)21-16(10-13)12-23/h1-4,7-10,22-23H,11-12H2. The van der Waals surface area contributed by atoms with Gasteiger partial charge in [0, 0.05) is 15.6 Å². The highest BCUT2D eigenvalue weighted by atomic mass is 79.9. The molecule has 1 aromatic heterocycles. The number of aliphatic hydroxyl groups is 2. The van der Waals surface area contributed by atoms with Crippen LogP contribution >= 0.6 is 15.9 Å². The maximum atomic E-state index is 9.24. The van der Waals surface area contributed by atoms with Crippen LogP contribution in [-0.2, 0) is 13.2 Å². The van der Waals surface area contributed by atoms with E-state index in [1.165, 1.54) is 0 Å². The van der Waals surface area contributed by atoms with Gasteiger partial charge in [0.2, 0.25) is 0 Å². The van der Waals surface area contributed by atoms with Gasteiger partial charge in [0.1, 0.15) is 0 Å². The van der Waals surface area contributed by atoms with Gasteiger partial charge in [-0.15, -0.1) is 0 Å². The van der Waals surface area contributed by atoms with E-state index in [4.69, 9.17) is 0 Å². The number of pyridine rings is 1. The molecular formula is C19H14BrNO2. The Labute approximate surface area is 142 Å². The molecule has 0 spiro atoms. The van der Waals surface area contributed by atoms with Crippen molar-refractivity contribution in [3.63, 3.8) is 0 Å². The van der Waals surface area contributed by atoms with Crippen LogP contribution in [0.2, 0.25) is 0 Å². The third kappa shape index (κ3) is 3.43. The minimum atomic E-state index is -0.177. The highest BCUT2D eigenvalue weighted by Crippen LogP contribution is 2.26. The number of rotatable bonds is 2. The van der Waals surface area contributed by atoms with Crippen LogP contribution in [0.3, 0.4) is 0 Å². The molecule has 0 radical (unpaired) electrons. The summed E-state index contributed by atoms with van der Waals surface area (Å²) in [6.07, 6.45) is 0. The van der Waals surface area contributed by atoms with Crippen LogP contribution in [0.25, 0.3) is 10.8 Å². The van der Waals surface area contributed by atoms with E-state index in [1.807, 2.05) is 36.4 Å². The van der Waals surface area contributed by atoms with Crippen molar-refractivity contribution in [2.24, 2.45) is 0 Å². The molecule has 0 aliphatic heterocycles. The van der Waals surface area contributed by atoms with Crippen molar-refractivity contribution >= 4 is 26.7 Å². The number of aliphatic hydroxyl groups excluding tert-OH is 2. The van der Waals surface area contributed by atoms with Gasteiger partial charge in [-0.2, -0.15) is 0 Å². The summed E-state index contributed by atoms with van der Waals surface area (Å²) in [6.45, 7) is -0.354. The van der Waals surface area contributed by atoms with Gasteiger partial charge in [-0.3, -0.25) is 4.98 Å². The Morgan fingerprint density at radius 1 is 0.870 bits per heavy atom. The van der Waals surface area contributed by atoms with Crippen molar-refractivity contribution in [3.05, 3.63) is 75.5 Å². The van der Waals surface area contributed by atoms with Crippen LogP contribution in [0.4, 0.5) is 0 Å². The Bertz CT molecular complexity index is 903. The first-order chi connectivity index (χ1) is 11.2. The summed E-state index contributed by atoms with van der Waals surface area (Å²) in [5.41, 5.74) is 2.65. The zero-order valence-corrected chi connectivity index (χ0v) is 13.8. The smallest absolute Gasteiger partial charge is 0.0853 e. The predicted molar refractivity (Wildman–Crippen MR) is 93.7 cm³/mol. The molecule has 0 amide bonds. The van der Waals surface area contributed by atoms with Crippen LogP contribution < -0.4 is 0 Å². The van der Waals surface area contributed by atoms with E-state index in [0.29, 0.717) is 11.4 Å². The molecule has 2 aromatic carbocycles. The van der Waals surface area contributed by atoms with Crippen LogP contribution in [0, 0.1) is 11.8 Å². The van der Waals surface area contributed by atoms with Gasteiger partial charge in [-0.05, 0) is 35.0 Å². The Balaban J connectivity index is 2.07. The highest BCUT2D eigenvalue weighted by molar-refractivity contribution is 9.10. The Hall–Kier alpha value is -2.19. The third-order valence-corrected chi connectivity index (χ3v) is 4.16. The summed E-state index contributed by atoms with van der Waals surface area (Å²) >= 11 is 3.55. The molecule has 3 nitrogen and oxygen atoms in total. The summed E-state index contributed by atoms with van der Waals surface area (Å²) in [5, 5.41) is 20.7. The normalized spacial score (nSPS) is 10.4. The quantitative estimate of drug-likeness (QED) is 0.682. The number of hydrogen-bond acceptors (Lipinski definition) is 3. The van der Waals surface area contributed by atoms with Gasteiger partial charge in [0.15, 0.2) is 0 Å². The number of nitrogens with zero attached hydrogens (tertiary/aromatic N) is 1. The fourth-order valence-corrected chi connectivity index (χ4v) is 2.87. The number of benzene rings is 2. The topological polar surface area (TPSA) is 53.4 Å². The third-order valence-electron chi connectivity index (χ3n) is 3.47. The lowest BCUT2D eigenvalue weighted by Gasteiger charge is -2.03. The molecule has 0 saturated heterocycles. The van der Waals surface area contributed by atoms with Gasteiger partial charge >= 0.3 is 0 Å².